The average molecular weight is 397 g/mol. The summed E-state index contributed by atoms with van der Waals surface area (Å²) in [5.41, 5.74) is 1.96. The van der Waals surface area contributed by atoms with Gasteiger partial charge >= 0.3 is 6.61 Å². The van der Waals surface area contributed by atoms with Crippen LogP contribution in [0.3, 0.4) is 0 Å². The highest BCUT2D eigenvalue weighted by Crippen LogP contribution is 2.45. The first-order valence-corrected chi connectivity index (χ1v) is 8.19. The predicted octanol–water partition coefficient (Wildman–Crippen LogP) is 5.40. The van der Waals surface area contributed by atoms with Gasteiger partial charge < -0.3 is 9.30 Å². The molecule has 0 bridgehead atoms. The zero-order chi connectivity index (χ0) is 16.8. The molecule has 0 fully saturated rings. The van der Waals surface area contributed by atoms with E-state index in [1.54, 1.807) is 28.8 Å². The van der Waals surface area contributed by atoms with E-state index in [9.17, 15) is 13.2 Å². The van der Waals surface area contributed by atoms with E-state index < -0.39 is 18.8 Å². The van der Waals surface area contributed by atoms with Gasteiger partial charge in [-0.15, -0.1) is 0 Å². The van der Waals surface area contributed by atoms with Gasteiger partial charge in [0.15, 0.2) is 6.17 Å². The molecule has 2 atom stereocenters. The van der Waals surface area contributed by atoms with Crippen molar-refractivity contribution in [3.63, 3.8) is 0 Å². The molecular weight excluding hydrogens is 385 g/mol. The number of hydrogen-bond acceptors (Lipinski definition) is 2. The van der Waals surface area contributed by atoms with Crippen molar-refractivity contribution in [2.24, 2.45) is 0 Å². The van der Waals surface area contributed by atoms with Crippen molar-refractivity contribution in [2.45, 2.75) is 25.2 Å². The first-order valence-electron chi connectivity index (χ1n) is 7.40. The number of rotatable bonds is 3. The molecule has 4 rings (SSSR count). The standard InChI is InChI=1S/C17H12BrF3N2O/c18-9-5-6-12-14(7-9)23-13(8-11(19)16(23)22-12)10-3-1-2-4-15(10)24-17(20)21/h1-7,11,13,17H,8H2. The van der Waals surface area contributed by atoms with Gasteiger partial charge in [-0.2, -0.15) is 8.78 Å². The van der Waals surface area contributed by atoms with Crippen LogP contribution in [0.25, 0.3) is 11.0 Å². The van der Waals surface area contributed by atoms with Crippen LogP contribution in [0.5, 0.6) is 5.75 Å². The van der Waals surface area contributed by atoms with Crippen molar-refractivity contribution in [1.82, 2.24) is 9.55 Å². The highest BCUT2D eigenvalue weighted by atomic mass is 79.9. The Morgan fingerprint density at radius 1 is 1.21 bits per heavy atom. The Balaban J connectivity index is 1.89. The molecule has 1 aromatic heterocycles. The van der Waals surface area contributed by atoms with E-state index in [4.69, 9.17) is 0 Å². The number of imidazole rings is 1. The number of nitrogens with zero attached hydrogens (tertiary/aromatic N) is 2. The summed E-state index contributed by atoms with van der Waals surface area (Å²) in [6, 6.07) is 11.6. The first kappa shape index (κ1) is 15.5. The minimum absolute atomic E-state index is 0.0643. The second-order valence-corrected chi connectivity index (χ2v) is 6.52. The lowest BCUT2D eigenvalue weighted by Gasteiger charge is -2.18. The van der Waals surface area contributed by atoms with Gasteiger partial charge in [-0.25, -0.2) is 9.37 Å². The van der Waals surface area contributed by atoms with Crippen LogP contribution in [-0.4, -0.2) is 16.2 Å². The maximum atomic E-state index is 14.5. The Labute approximate surface area is 144 Å². The molecule has 3 nitrogen and oxygen atoms in total. The molecule has 0 amide bonds. The van der Waals surface area contributed by atoms with E-state index in [-0.39, 0.29) is 12.2 Å². The van der Waals surface area contributed by atoms with E-state index in [0.29, 0.717) is 16.9 Å². The van der Waals surface area contributed by atoms with Gasteiger partial charge in [0.05, 0.1) is 17.1 Å². The third-order valence-electron chi connectivity index (χ3n) is 4.19. The van der Waals surface area contributed by atoms with Gasteiger partial charge in [0.1, 0.15) is 11.6 Å². The van der Waals surface area contributed by atoms with Crippen LogP contribution in [0.4, 0.5) is 13.2 Å². The van der Waals surface area contributed by atoms with E-state index >= 15 is 0 Å². The SMILES string of the molecule is FC(F)Oc1ccccc1C1CC(F)c2nc3ccc(Br)cc3n21. The van der Waals surface area contributed by atoms with Gasteiger partial charge in [-0.3, -0.25) is 0 Å². The molecule has 124 valence electrons. The number of halogens is 4. The number of alkyl halides is 3. The van der Waals surface area contributed by atoms with Gasteiger partial charge in [0, 0.05) is 16.5 Å². The van der Waals surface area contributed by atoms with E-state index in [2.05, 4.69) is 25.7 Å². The van der Waals surface area contributed by atoms with Gasteiger partial charge in [-0.1, -0.05) is 34.1 Å². The van der Waals surface area contributed by atoms with Crippen molar-refractivity contribution < 1.29 is 17.9 Å². The summed E-state index contributed by atoms with van der Waals surface area (Å²) in [6.07, 6.45) is -1.10. The fourth-order valence-corrected chi connectivity index (χ4v) is 3.61. The Hall–Kier alpha value is -2.02. The number of para-hydroxylation sites is 1. The van der Waals surface area contributed by atoms with Crippen LogP contribution in [-0.2, 0) is 0 Å². The second-order valence-electron chi connectivity index (χ2n) is 5.61. The van der Waals surface area contributed by atoms with E-state index in [1.165, 1.54) is 6.07 Å². The van der Waals surface area contributed by atoms with Crippen LogP contribution >= 0.6 is 15.9 Å². The van der Waals surface area contributed by atoms with Crippen LogP contribution in [0.2, 0.25) is 0 Å². The summed E-state index contributed by atoms with van der Waals surface area (Å²) in [7, 11) is 0. The maximum Gasteiger partial charge on any atom is 0.387 e. The number of benzene rings is 2. The van der Waals surface area contributed by atoms with Crippen molar-refractivity contribution in [3.8, 4) is 5.75 Å². The topological polar surface area (TPSA) is 27.1 Å². The Morgan fingerprint density at radius 2 is 2.00 bits per heavy atom. The fourth-order valence-electron chi connectivity index (χ4n) is 3.27. The highest BCUT2D eigenvalue weighted by Gasteiger charge is 2.36. The molecule has 24 heavy (non-hydrogen) atoms. The minimum atomic E-state index is -2.93. The molecule has 3 aromatic rings. The molecule has 0 spiro atoms. The number of fused-ring (bicyclic) bond motifs is 3. The van der Waals surface area contributed by atoms with Gasteiger partial charge in [-0.05, 0) is 24.3 Å². The zero-order valence-corrected chi connectivity index (χ0v) is 13.9. The number of aromatic nitrogens is 2. The molecular formula is C17H12BrF3N2O. The highest BCUT2D eigenvalue weighted by molar-refractivity contribution is 9.10. The molecule has 7 heteroatoms. The summed E-state index contributed by atoms with van der Waals surface area (Å²) in [5.74, 6) is 0.384. The number of hydrogen-bond donors (Lipinski definition) is 0. The summed E-state index contributed by atoms with van der Waals surface area (Å²) < 4.78 is 47.1. The van der Waals surface area contributed by atoms with Gasteiger partial charge in [0.25, 0.3) is 0 Å². The molecule has 0 saturated carbocycles. The molecule has 0 saturated heterocycles. The fraction of sp³-hybridized carbons (Fsp3) is 0.235. The zero-order valence-electron chi connectivity index (χ0n) is 12.3. The Morgan fingerprint density at radius 3 is 2.79 bits per heavy atom. The van der Waals surface area contributed by atoms with E-state index in [1.807, 2.05) is 12.1 Å². The van der Waals surface area contributed by atoms with E-state index in [0.717, 1.165) is 9.99 Å². The van der Waals surface area contributed by atoms with Crippen LogP contribution < -0.4 is 4.74 Å². The molecule has 2 heterocycles. The molecule has 0 N–H and O–H groups in total. The van der Waals surface area contributed by atoms with Crippen molar-refractivity contribution in [1.29, 1.82) is 0 Å². The van der Waals surface area contributed by atoms with Crippen LogP contribution in [0, 0.1) is 0 Å². The van der Waals surface area contributed by atoms with Crippen LogP contribution in [0.15, 0.2) is 46.9 Å². The third-order valence-corrected chi connectivity index (χ3v) is 4.69. The smallest absolute Gasteiger partial charge is 0.387 e. The molecule has 2 unspecified atom stereocenters. The molecule has 1 aliphatic rings. The van der Waals surface area contributed by atoms with Gasteiger partial charge in [0.2, 0.25) is 0 Å². The predicted molar refractivity (Wildman–Crippen MR) is 87.1 cm³/mol. The van der Waals surface area contributed by atoms with Crippen LogP contribution in [0.1, 0.15) is 30.0 Å². The lowest BCUT2D eigenvalue weighted by atomic mass is 10.0. The molecule has 1 aliphatic heterocycles. The average Bonchev–Trinajstić information content (AvgIpc) is 3.05. The minimum Gasteiger partial charge on any atom is -0.434 e. The number of ether oxygens (including phenoxy) is 1. The molecule has 2 aromatic carbocycles. The van der Waals surface area contributed by atoms with Crippen molar-refractivity contribution in [3.05, 3.63) is 58.3 Å². The van der Waals surface area contributed by atoms with Crippen molar-refractivity contribution >= 4 is 27.0 Å². The normalized spacial score (nSPS) is 19.9. The van der Waals surface area contributed by atoms with Crippen molar-refractivity contribution in [2.75, 3.05) is 0 Å². The molecule has 0 aliphatic carbocycles. The monoisotopic (exact) mass is 396 g/mol. The quantitative estimate of drug-likeness (QED) is 0.592. The summed E-state index contributed by atoms with van der Waals surface area (Å²) >= 11 is 3.41. The lowest BCUT2D eigenvalue weighted by molar-refractivity contribution is -0.0507. The lowest BCUT2D eigenvalue weighted by Crippen LogP contribution is -2.10. The summed E-state index contributed by atoms with van der Waals surface area (Å²) in [6.45, 7) is -2.93. The second kappa shape index (κ2) is 5.81. The Kier molecular flexibility index (Phi) is 3.75. The first-order chi connectivity index (χ1) is 11.5. The third kappa shape index (κ3) is 2.47. The molecule has 0 radical (unpaired) electrons. The Bertz CT molecular complexity index is 912. The summed E-state index contributed by atoms with van der Waals surface area (Å²) in [5, 5.41) is 0. The maximum absolute atomic E-state index is 14.5. The largest absolute Gasteiger partial charge is 0.434 e. The summed E-state index contributed by atoms with van der Waals surface area (Å²) in [4.78, 5) is 4.36.